The average molecular weight is 278 g/mol. The maximum Gasteiger partial charge on any atom is 0.236 e. The second-order valence-corrected chi connectivity index (χ2v) is 3.69. The van der Waals surface area contributed by atoms with Crippen LogP contribution in [-0.2, 0) is 11.3 Å². The molecule has 17 heavy (non-hydrogen) atoms. The third-order valence-electron chi connectivity index (χ3n) is 2.55. The van der Waals surface area contributed by atoms with Crippen LogP contribution in [0, 0.1) is 0 Å². The summed E-state index contributed by atoms with van der Waals surface area (Å²) in [4.78, 5) is 13.0. The van der Waals surface area contributed by atoms with Crippen LogP contribution < -0.4 is 16.0 Å². The van der Waals surface area contributed by atoms with Gasteiger partial charge in [0.05, 0.1) is 6.54 Å². The van der Waals surface area contributed by atoms with Crippen LogP contribution in [0.2, 0.25) is 0 Å². The van der Waals surface area contributed by atoms with Gasteiger partial charge in [-0.15, -0.1) is 24.8 Å². The van der Waals surface area contributed by atoms with Crippen LogP contribution in [0.1, 0.15) is 5.56 Å². The summed E-state index contributed by atoms with van der Waals surface area (Å²) in [5, 5.41) is 3.31. The largest absolute Gasteiger partial charge is 0.368 e. The Hall–Kier alpha value is -0.970. The van der Waals surface area contributed by atoms with E-state index in [0.717, 1.165) is 25.3 Å². The lowest BCUT2D eigenvalue weighted by Gasteiger charge is -2.22. The molecule has 3 N–H and O–H groups in total. The van der Waals surface area contributed by atoms with Crippen LogP contribution in [0.25, 0.3) is 0 Å². The SMILES string of the molecule is Cl.Cl.NC(=O)CN1CCNCc2ccccc21. The molecule has 2 rings (SSSR count). The van der Waals surface area contributed by atoms with Crippen LogP contribution >= 0.6 is 24.8 Å². The third kappa shape index (κ3) is 4.07. The van der Waals surface area contributed by atoms with Crippen molar-refractivity contribution in [2.24, 2.45) is 5.73 Å². The number of hydrogen-bond acceptors (Lipinski definition) is 3. The summed E-state index contributed by atoms with van der Waals surface area (Å²) < 4.78 is 0. The Balaban J connectivity index is 0.00000128. The van der Waals surface area contributed by atoms with Gasteiger partial charge in [-0.3, -0.25) is 4.79 Å². The molecule has 96 valence electrons. The number of carbonyl (C=O) groups is 1. The number of halogens is 2. The second-order valence-electron chi connectivity index (χ2n) is 3.69. The highest BCUT2D eigenvalue weighted by atomic mass is 35.5. The first-order valence-corrected chi connectivity index (χ1v) is 5.09. The molecule has 1 aliphatic rings. The minimum absolute atomic E-state index is 0. The zero-order valence-corrected chi connectivity index (χ0v) is 11.0. The highest BCUT2D eigenvalue weighted by Gasteiger charge is 2.15. The van der Waals surface area contributed by atoms with Gasteiger partial charge in [0.1, 0.15) is 0 Å². The number of primary amides is 1. The van der Waals surface area contributed by atoms with Crippen LogP contribution in [0.5, 0.6) is 0 Å². The van der Waals surface area contributed by atoms with Gasteiger partial charge in [-0.25, -0.2) is 0 Å². The lowest BCUT2D eigenvalue weighted by molar-refractivity contribution is -0.116. The molecule has 0 fully saturated rings. The summed E-state index contributed by atoms with van der Waals surface area (Å²) >= 11 is 0. The first-order chi connectivity index (χ1) is 7.27. The van der Waals surface area contributed by atoms with Crippen LogP contribution in [0.15, 0.2) is 24.3 Å². The van der Waals surface area contributed by atoms with E-state index in [2.05, 4.69) is 11.4 Å². The molecule has 4 nitrogen and oxygen atoms in total. The molecule has 6 heteroatoms. The number of carbonyl (C=O) groups excluding carboxylic acids is 1. The number of para-hydroxylation sites is 1. The smallest absolute Gasteiger partial charge is 0.236 e. The Bertz CT molecular complexity index is 373. The zero-order chi connectivity index (χ0) is 10.7. The molecular weight excluding hydrogens is 261 g/mol. The fraction of sp³-hybridized carbons (Fsp3) is 0.364. The second kappa shape index (κ2) is 7.37. The third-order valence-corrected chi connectivity index (χ3v) is 2.55. The van der Waals surface area contributed by atoms with E-state index in [9.17, 15) is 4.79 Å². The summed E-state index contributed by atoms with van der Waals surface area (Å²) in [6.45, 7) is 2.84. The number of benzene rings is 1. The van der Waals surface area contributed by atoms with E-state index in [0.29, 0.717) is 6.54 Å². The summed E-state index contributed by atoms with van der Waals surface area (Å²) in [6.07, 6.45) is 0. The van der Waals surface area contributed by atoms with Crippen LogP contribution in [0.4, 0.5) is 5.69 Å². The Morgan fingerprint density at radius 1 is 1.35 bits per heavy atom. The molecule has 1 aliphatic heterocycles. The molecule has 0 spiro atoms. The Morgan fingerprint density at radius 3 is 2.76 bits per heavy atom. The monoisotopic (exact) mass is 277 g/mol. The lowest BCUT2D eigenvalue weighted by Crippen LogP contribution is -2.36. The first kappa shape index (κ1) is 16.0. The molecule has 0 bridgehead atoms. The molecule has 0 saturated carbocycles. The van der Waals surface area contributed by atoms with Gasteiger partial charge in [0, 0.05) is 25.3 Å². The lowest BCUT2D eigenvalue weighted by atomic mass is 10.1. The van der Waals surface area contributed by atoms with Crippen molar-refractivity contribution in [3.05, 3.63) is 29.8 Å². The van der Waals surface area contributed by atoms with Gasteiger partial charge in [0.15, 0.2) is 0 Å². The number of anilines is 1. The molecule has 0 aliphatic carbocycles. The number of nitrogens with one attached hydrogen (secondary N) is 1. The number of fused-ring (bicyclic) bond motifs is 1. The van der Waals surface area contributed by atoms with Crippen LogP contribution in [-0.4, -0.2) is 25.5 Å². The maximum atomic E-state index is 10.9. The number of rotatable bonds is 2. The molecule has 0 radical (unpaired) electrons. The van der Waals surface area contributed by atoms with Crippen molar-refractivity contribution in [1.29, 1.82) is 0 Å². The predicted molar refractivity (Wildman–Crippen MR) is 74.1 cm³/mol. The number of hydrogen-bond donors (Lipinski definition) is 2. The van der Waals surface area contributed by atoms with Gasteiger partial charge in [-0.2, -0.15) is 0 Å². The summed E-state index contributed by atoms with van der Waals surface area (Å²) in [6, 6.07) is 8.10. The quantitative estimate of drug-likeness (QED) is 0.846. The van der Waals surface area contributed by atoms with Crippen molar-refractivity contribution in [2.75, 3.05) is 24.5 Å². The number of nitrogens with zero attached hydrogens (tertiary/aromatic N) is 1. The van der Waals surface area contributed by atoms with Gasteiger partial charge in [-0.1, -0.05) is 18.2 Å². The normalized spacial score (nSPS) is 13.8. The van der Waals surface area contributed by atoms with Crippen molar-refractivity contribution in [1.82, 2.24) is 5.32 Å². The molecule has 1 aromatic carbocycles. The first-order valence-electron chi connectivity index (χ1n) is 5.09. The Labute approximate surface area is 113 Å². The van der Waals surface area contributed by atoms with E-state index in [1.807, 2.05) is 23.1 Å². The molecule has 0 aromatic heterocycles. The summed E-state index contributed by atoms with van der Waals surface area (Å²) in [5.41, 5.74) is 7.56. The Morgan fingerprint density at radius 2 is 2.06 bits per heavy atom. The average Bonchev–Trinajstić information content (AvgIpc) is 2.41. The van der Waals surface area contributed by atoms with Crippen LogP contribution in [0.3, 0.4) is 0 Å². The fourth-order valence-electron chi connectivity index (χ4n) is 1.88. The van der Waals surface area contributed by atoms with Gasteiger partial charge in [-0.05, 0) is 11.6 Å². The standard InChI is InChI=1S/C11H15N3O.2ClH/c12-11(15)8-14-6-5-13-7-9-3-1-2-4-10(9)14;;/h1-4,13H,5-8H2,(H2,12,15);2*1H. The highest BCUT2D eigenvalue weighted by molar-refractivity contribution is 5.85. The Kier molecular flexibility index (Phi) is 6.95. The van der Waals surface area contributed by atoms with Crippen molar-refractivity contribution < 1.29 is 4.79 Å². The van der Waals surface area contributed by atoms with E-state index in [4.69, 9.17) is 5.73 Å². The topological polar surface area (TPSA) is 58.4 Å². The molecule has 0 unspecified atom stereocenters. The van der Waals surface area contributed by atoms with Gasteiger partial charge in [0.2, 0.25) is 5.91 Å². The minimum Gasteiger partial charge on any atom is -0.368 e. The minimum atomic E-state index is -0.285. The van der Waals surface area contributed by atoms with E-state index < -0.39 is 0 Å². The maximum absolute atomic E-state index is 10.9. The fourth-order valence-corrected chi connectivity index (χ4v) is 1.88. The number of amides is 1. The molecule has 0 atom stereocenters. The zero-order valence-electron chi connectivity index (χ0n) is 9.39. The van der Waals surface area contributed by atoms with Gasteiger partial charge in [0.25, 0.3) is 0 Å². The van der Waals surface area contributed by atoms with Crippen molar-refractivity contribution in [3.63, 3.8) is 0 Å². The molecule has 1 amide bonds. The van der Waals surface area contributed by atoms with Crippen molar-refractivity contribution in [2.45, 2.75) is 6.54 Å². The number of nitrogens with two attached hydrogens (primary N) is 1. The molecule has 1 heterocycles. The van der Waals surface area contributed by atoms with E-state index in [-0.39, 0.29) is 30.7 Å². The molecule has 1 aromatic rings. The molecular formula is C11H17Cl2N3O. The predicted octanol–water partition coefficient (Wildman–Crippen LogP) is 0.925. The van der Waals surface area contributed by atoms with Crippen molar-refractivity contribution >= 4 is 36.4 Å². The van der Waals surface area contributed by atoms with Gasteiger partial charge >= 0.3 is 0 Å². The molecule has 0 saturated heterocycles. The summed E-state index contributed by atoms with van der Waals surface area (Å²) in [5.74, 6) is -0.285. The van der Waals surface area contributed by atoms with Crippen molar-refractivity contribution in [3.8, 4) is 0 Å². The highest BCUT2D eigenvalue weighted by Crippen LogP contribution is 2.21. The summed E-state index contributed by atoms with van der Waals surface area (Å²) in [7, 11) is 0. The van der Waals surface area contributed by atoms with Gasteiger partial charge < -0.3 is 16.0 Å². The van der Waals surface area contributed by atoms with E-state index in [1.54, 1.807) is 0 Å². The van der Waals surface area contributed by atoms with E-state index in [1.165, 1.54) is 5.56 Å². The van der Waals surface area contributed by atoms with E-state index >= 15 is 0 Å².